The molecule has 2 atom stereocenters. The number of thiophene rings is 1. The number of aliphatic hydroxyl groups is 1. The zero-order valence-corrected chi connectivity index (χ0v) is 11.6. The summed E-state index contributed by atoms with van der Waals surface area (Å²) in [6.45, 7) is 2.27. The molecule has 2 fully saturated rings. The summed E-state index contributed by atoms with van der Waals surface area (Å²) in [5.41, 5.74) is 0.508. The fourth-order valence-corrected chi connectivity index (χ4v) is 4.85. The number of fused-ring (bicyclic) bond motifs is 1. The quantitative estimate of drug-likeness (QED) is 0.862. The molecule has 0 saturated carbocycles. The highest BCUT2D eigenvalue weighted by atomic mass is 79.9. The first-order valence-corrected chi connectivity index (χ1v) is 7.61. The normalized spacial score (nSPS) is 35.2. The molecule has 2 unspecified atom stereocenters. The maximum absolute atomic E-state index is 10.8. The second-order valence-corrected chi connectivity index (χ2v) is 6.55. The Morgan fingerprint density at radius 1 is 1.44 bits per heavy atom. The molecule has 0 radical (unpaired) electrons. The lowest BCUT2D eigenvalue weighted by Gasteiger charge is -2.41. The SMILES string of the molecule is OC1(c2cscc2Br)CCN2CCCC2C1. The van der Waals surface area contributed by atoms with E-state index in [2.05, 4.69) is 31.6 Å². The molecule has 3 heterocycles. The lowest BCUT2D eigenvalue weighted by Crippen LogP contribution is -2.45. The summed E-state index contributed by atoms with van der Waals surface area (Å²) in [7, 11) is 0. The van der Waals surface area contributed by atoms with Gasteiger partial charge >= 0.3 is 0 Å². The Morgan fingerprint density at radius 2 is 2.31 bits per heavy atom. The van der Waals surface area contributed by atoms with Crippen LogP contribution in [0.5, 0.6) is 0 Å². The molecule has 88 valence electrons. The minimum Gasteiger partial charge on any atom is -0.385 e. The van der Waals surface area contributed by atoms with Crippen molar-refractivity contribution < 1.29 is 5.11 Å². The average Bonchev–Trinajstić information content (AvgIpc) is 2.85. The van der Waals surface area contributed by atoms with Crippen molar-refractivity contribution in [2.75, 3.05) is 13.1 Å². The van der Waals surface area contributed by atoms with Crippen LogP contribution in [-0.4, -0.2) is 29.1 Å². The number of piperidine rings is 1. The van der Waals surface area contributed by atoms with Crippen LogP contribution in [0.4, 0.5) is 0 Å². The Kier molecular flexibility index (Phi) is 2.86. The van der Waals surface area contributed by atoms with Gasteiger partial charge in [0.2, 0.25) is 0 Å². The van der Waals surface area contributed by atoms with E-state index in [1.165, 1.54) is 19.4 Å². The predicted molar refractivity (Wildman–Crippen MR) is 69.7 cm³/mol. The van der Waals surface area contributed by atoms with Crippen LogP contribution in [0.2, 0.25) is 0 Å². The molecule has 1 aromatic rings. The highest BCUT2D eigenvalue weighted by molar-refractivity contribution is 9.10. The minimum absolute atomic E-state index is 0.593. The van der Waals surface area contributed by atoms with Gasteiger partial charge in [0, 0.05) is 28.0 Å². The van der Waals surface area contributed by atoms with Gasteiger partial charge in [-0.3, -0.25) is 0 Å². The summed E-state index contributed by atoms with van der Waals surface area (Å²) in [6, 6.07) is 0.602. The third-order valence-electron chi connectivity index (χ3n) is 4.00. The van der Waals surface area contributed by atoms with E-state index in [-0.39, 0.29) is 0 Å². The lowest BCUT2D eigenvalue weighted by atomic mass is 9.82. The van der Waals surface area contributed by atoms with Gasteiger partial charge in [0.05, 0.1) is 5.60 Å². The van der Waals surface area contributed by atoms with E-state index < -0.39 is 5.60 Å². The molecule has 2 nitrogen and oxygen atoms in total. The Morgan fingerprint density at radius 3 is 3.06 bits per heavy atom. The molecule has 1 N–H and O–H groups in total. The zero-order valence-electron chi connectivity index (χ0n) is 9.16. The Bertz CT molecular complexity index is 394. The second kappa shape index (κ2) is 4.09. The van der Waals surface area contributed by atoms with Gasteiger partial charge in [-0.15, -0.1) is 0 Å². The van der Waals surface area contributed by atoms with Crippen LogP contribution in [0.25, 0.3) is 0 Å². The van der Waals surface area contributed by atoms with Gasteiger partial charge in [0.1, 0.15) is 0 Å². The van der Waals surface area contributed by atoms with Gasteiger partial charge in [-0.25, -0.2) is 0 Å². The highest BCUT2D eigenvalue weighted by Gasteiger charge is 2.42. The first kappa shape index (κ1) is 11.2. The summed E-state index contributed by atoms with van der Waals surface area (Å²) in [5.74, 6) is 0. The van der Waals surface area contributed by atoms with E-state index >= 15 is 0 Å². The average molecular weight is 302 g/mol. The third-order valence-corrected chi connectivity index (χ3v) is 5.70. The van der Waals surface area contributed by atoms with Crippen LogP contribution < -0.4 is 0 Å². The maximum Gasteiger partial charge on any atom is 0.0942 e. The van der Waals surface area contributed by atoms with Crippen LogP contribution in [0, 0.1) is 0 Å². The third kappa shape index (κ3) is 1.76. The Labute approximate surface area is 108 Å². The molecular formula is C12H16BrNOS. The van der Waals surface area contributed by atoms with E-state index in [1.807, 2.05) is 0 Å². The van der Waals surface area contributed by atoms with Crippen molar-refractivity contribution in [3.8, 4) is 0 Å². The van der Waals surface area contributed by atoms with Crippen molar-refractivity contribution in [3.63, 3.8) is 0 Å². The number of hydrogen-bond acceptors (Lipinski definition) is 3. The largest absolute Gasteiger partial charge is 0.385 e. The Balaban J connectivity index is 1.86. The summed E-state index contributed by atoms with van der Waals surface area (Å²) in [6.07, 6.45) is 4.33. The van der Waals surface area contributed by atoms with E-state index in [1.54, 1.807) is 11.3 Å². The fraction of sp³-hybridized carbons (Fsp3) is 0.667. The van der Waals surface area contributed by atoms with Crippen LogP contribution >= 0.6 is 27.3 Å². The molecule has 1 aromatic heterocycles. The minimum atomic E-state index is -0.593. The van der Waals surface area contributed by atoms with Gasteiger partial charge in [-0.1, -0.05) is 0 Å². The molecule has 3 rings (SSSR count). The number of hydrogen-bond donors (Lipinski definition) is 1. The summed E-state index contributed by atoms with van der Waals surface area (Å²) < 4.78 is 1.08. The molecule has 4 heteroatoms. The van der Waals surface area contributed by atoms with E-state index in [4.69, 9.17) is 0 Å². The molecule has 0 amide bonds. The number of rotatable bonds is 1. The monoisotopic (exact) mass is 301 g/mol. The number of nitrogens with zero attached hydrogens (tertiary/aromatic N) is 1. The van der Waals surface area contributed by atoms with Gasteiger partial charge in [-0.2, -0.15) is 11.3 Å². The zero-order chi connectivity index (χ0) is 11.2. The van der Waals surface area contributed by atoms with Crippen LogP contribution in [-0.2, 0) is 5.60 Å². The van der Waals surface area contributed by atoms with Crippen LogP contribution in [0.15, 0.2) is 15.2 Å². The molecule has 0 spiro atoms. The standard InChI is InChI=1S/C12H16BrNOS/c13-11-8-16-7-10(11)12(15)3-5-14-4-1-2-9(14)6-12/h7-9,15H,1-6H2. The van der Waals surface area contributed by atoms with E-state index in [0.717, 1.165) is 29.4 Å². The topological polar surface area (TPSA) is 23.5 Å². The van der Waals surface area contributed by atoms with Crippen molar-refractivity contribution in [1.29, 1.82) is 0 Å². The molecule has 2 saturated heterocycles. The fourth-order valence-electron chi connectivity index (χ4n) is 3.10. The maximum atomic E-state index is 10.8. The van der Waals surface area contributed by atoms with Crippen molar-refractivity contribution >= 4 is 27.3 Å². The van der Waals surface area contributed by atoms with E-state index in [0.29, 0.717) is 6.04 Å². The van der Waals surface area contributed by atoms with Crippen molar-refractivity contribution in [1.82, 2.24) is 4.90 Å². The molecule has 0 bridgehead atoms. The van der Waals surface area contributed by atoms with Crippen LogP contribution in [0.3, 0.4) is 0 Å². The van der Waals surface area contributed by atoms with Crippen molar-refractivity contribution in [2.45, 2.75) is 37.3 Å². The predicted octanol–water partition coefficient (Wildman–Crippen LogP) is 2.96. The first-order valence-electron chi connectivity index (χ1n) is 5.88. The summed E-state index contributed by atoms with van der Waals surface area (Å²) >= 11 is 5.21. The van der Waals surface area contributed by atoms with Gasteiger partial charge in [-0.05, 0) is 53.5 Å². The second-order valence-electron chi connectivity index (χ2n) is 4.95. The molecule has 0 aliphatic carbocycles. The van der Waals surface area contributed by atoms with Gasteiger partial charge < -0.3 is 10.0 Å². The summed E-state index contributed by atoms with van der Waals surface area (Å²) in [5, 5.41) is 15.0. The lowest BCUT2D eigenvalue weighted by molar-refractivity contribution is -0.0410. The molecule has 0 aromatic carbocycles. The Hall–Kier alpha value is 0.1000. The smallest absolute Gasteiger partial charge is 0.0942 e. The van der Waals surface area contributed by atoms with Crippen molar-refractivity contribution in [3.05, 3.63) is 20.8 Å². The molecule has 2 aliphatic heterocycles. The highest BCUT2D eigenvalue weighted by Crippen LogP contribution is 2.43. The summed E-state index contributed by atoms with van der Waals surface area (Å²) in [4.78, 5) is 2.54. The van der Waals surface area contributed by atoms with Gasteiger partial charge in [0.25, 0.3) is 0 Å². The first-order chi connectivity index (χ1) is 7.69. The molecule has 16 heavy (non-hydrogen) atoms. The molecule has 2 aliphatic rings. The van der Waals surface area contributed by atoms with Gasteiger partial charge in [0.15, 0.2) is 0 Å². The van der Waals surface area contributed by atoms with E-state index in [9.17, 15) is 5.11 Å². The van der Waals surface area contributed by atoms with Crippen molar-refractivity contribution in [2.24, 2.45) is 0 Å². The van der Waals surface area contributed by atoms with Crippen LogP contribution in [0.1, 0.15) is 31.2 Å². The molecular weight excluding hydrogens is 286 g/mol. The number of halogens is 1.